The van der Waals surface area contributed by atoms with Gasteiger partial charge in [0, 0.05) is 12.1 Å². The van der Waals surface area contributed by atoms with Gasteiger partial charge >= 0.3 is 5.97 Å². The summed E-state index contributed by atoms with van der Waals surface area (Å²) in [6, 6.07) is 5.41. The van der Waals surface area contributed by atoms with Crippen LogP contribution >= 0.6 is 0 Å². The van der Waals surface area contributed by atoms with Crippen LogP contribution in [0, 0.1) is 5.92 Å². The second-order valence-corrected chi connectivity index (χ2v) is 9.03. The molecule has 0 bridgehead atoms. The average Bonchev–Trinajstić information content (AvgIpc) is 2.61. The fraction of sp³-hybridized carbons (Fsp3) is 0.579. The highest BCUT2D eigenvalue weighted by atomic mass is 32.2. The van der Waals surface area contributed by atoms with Crippen LogP contribution in [0.2, 0.25) is 0 Å². The molecule has 2 atom stereocenters. The van der Waals surface area contributed by atoms with Crippen LogP contribution in [0.4, 0.5) is 0 Å². The minimum Gasteiger partial charge on any atom is -0.452 e. The van der Waals surface area contributed by atoms with Gasteiger partial charge in [0.25, 0.3) is 5.91 Å². The maximum atomic E-state index is 12.2. The summed E-state index contributed by atoms with van der Waals surface area (Å²) in [6.07, 6.45) is 4.27. The molecule has 27 heavy (non-hydrogen) atoms. The Morgan fingerprint density at radius 2 is 1.93 bits per heavy atom. The molecular formula is C19H28N2O5S. The highest BCUT2D eigenvalue weighted by molar-refractivity contribution is 7.89. The summed E-state index contributed by atoms with van der Waals surface area (Å²) in [5.74, 6) is -0.662. The molecule has 1 aliphatic rings. The number of carbonyl (C=O) groups is 2. The van der Waals surface area contributed by atoms with Gasteiger partial charge in [-0.1, -0.05) is 25.8 Å². The minimum atomic E-state index is -3.71. The zero-order chi connectivity index (χ0) is 20.0. The molecule has 150 valence electrons. The third-order valence-electron chi connectivity index (χ3n) is 4.56. The van der Waals surface area contributed by atoms with Crippen LogP contribution in [-0.2, 0) is 19.6 Å². The zero-order valence-electron chi connectivity index (χ0n) is 16.0. The first-order valence-corrected chi connectivity index (χ1v) is 10.8. The number of ether oxygens (including phenoxy) is 1. The molecule has 8 heteroatoms. The summed E-state index contributed by atoms with van der Waals surface area (Å²) in [5.41, 5.74) is 0.0838. The first-order valence-electron chi connectivity index (χ1n) is 9.28. The number of esters is 1. The second-order valence-electron chi connectivity index (χ2n) is 7.32. The fourth-order valence-corrected chi connectivity index (χ4v) is 4.46. The van der Waals surface area contributed by atoms with Gasteiger partial charge in [-0.15, -0.1) is 0 Å². The molecule has 2 rings (SSSR count). The van der Waals surface area contributed by atoms with E-state index in [2.05, 4.69) is 17.0 Å². The molecule has 1 aliphatic carbocycles. The van der Waals surface area contributed by atoms with Crippen LogP contribution in [0.25, 0.3) is 0 Å². The van der Waals surface area contributed by atoms with E-state index in [1.165, 1.54) is 30.7 Å². The monoisotopic (exact) mass is 396 g/mol. The van der Waals surface area contributed by atoms with Crippen LogP contribution in [0.15, 0.2) is 29.2 Å². The van der Waals surface area contributed by atoms with Gasteiger partial charge in [0.05, 0.1) is 10.5 Å². The quantitative estimate of drug-likeness (QED) is 0.688. The Hall–Kier alpha value is -1.93. The molecule has 0 unspecified atom stereocenters. The number of sulfonamides is 1. The highest BCUT2D eigenvalue weighted by Crippen LogP contribution is 2.23. The number of hydrogen-bond donors (Lipinski definition) is 2. The van der Waals surface area contributed by atoms with Crippen LogP contribution in [0.1, 0.15) is 56.8 Å². The van der Waals surface area contributed by atoms with Crippen LogP contribution in [-0.4, -0.2) is 39.0 Å². The van der Waals surface area contributed by atoms with Gasteiger partial charge in [-0.2, -0.15) is 0 Å². The number of carbonyl (C=O) groups excluding carboxylic acids is 2. The minimum absolute atomic E-state index is 0.0221. The van der Waals surface area contributed by atoms with Crippen molar-refractivity contribution in [3.05, 3.63) is 29.8 Å². The van der Waals surface area contributed by atoms with Crippen molar-refractivity contribution < 1.29 is 22.7 Å². The molecule has 2 N–H and O–H groups in total. The Balaban J connectivity index is 1.94. The fourth-order valence-electron chi connectivity index (χ4n) is 3.16. The molecule has 0 aliphatic heterocycles. The molecule has 1 fully saturated rings. The number of rotatable bonds is 7. The van der Waals surface area contributed by atoms with Gasteiger partial charge in [-0.3, -0.25) is 4.79 Å². The van der Waals surface area contributed by atoms with E-state index in [0.717, 1.165) is 19.3 Å². The van der Waals surface area contributed by atoms with E-state index >= 15 is 0 Å². The molecule has 1 aromatic carbocycles. The summed E-state index contributed by atoms with van der Waals surface area (Å²) in [5, 5.41) is 2.91. The smallest absolute Gasteiger partial charge is 0.338 e. The van der Waals surface area contributed by atoms with E-state index in [1.54, 1.807) is 13.8 Å². The van der Waals surface area contributed by atoms with E-state index in [4.69, 9.17) is 4.74 Å². The van der Waals surface area contributed by atoms with Gasteiger partial charge in [0.15, 0.2) is 6.61 Å². The lowest BCUT2D eigenvalue weighted by atomic mass is 9.86. The summed E-state index contributed by atoms with van der Waals surface area (Å²) in [6.45, 7) is 5.14. The number of benzene rings is 1. The Labute approximate surface area is 160 Å². The Morgan fingerprint density at radius 3 is 2.59 bits per heavy atom. The van der Waals surface area contributed by atoms with Crippen molar-refractivity contribution >= 4 is 21.9 Å². The van der Waals surface area contributed by atoms with Crippen molar-refractivity contribution in [1.82, 2.24) is 10.0 Å². The third kappa shape index (κ3) is 6.32. The first kappa shape index (κ1) is 21.4. The highest BCUT2D eigenvalue weighted by Gasteiger charge is 2.23. The number of hydrogen-bond acceptors (Lipinski definition) is 5. The maximum absolute atomic E-state index is 12.2. The van der Waals surface area contributed by atoms with Crippen LogP contribution in [0.3, 0.4) is 0 Å². The molecule has 0 aromatic heterocycles. The maximum Gasteiger partial charge on any atom is 0.338 e. The first-order chi connectivity index (χ1) is 12.7. The average molecular weight is 397 g/mol. The molecule has 7 nitrogen and oxygen atoms in total. The second kappa shape index (κ2) is 9.32. The summed E-state index contributed by atoms with van der Waals surface area (Å²) in [7, 11) is -3.71. The molecule has 0 saturated heterocycles. The van der Waals surface area contributed by atoms with E-state index < -0.39 is 16.0 Å². The molecule has 1 aromatic rings. The van der Waals surface area contributed by atoms with Gasteiger partial charge in [-0.25, -0.2) is 17.9 Å². The predicted octanol–water partition coefficient (Wildman–Crippen LogP) is 2.22. The summed E-state index contributed by atoms with van der Waals surface area (Å²) < 4.78 is 31.9. The van der Waals surface area contributed by atoms with Crippen molar-refractivity contribution in [3.8, 4) is 0 Å². The molecular weight excluding hydrogens is 368 g/mol. The summed E-state index contributed by atoms with van der Waals surface area (Å²) >= 11 is 0. The molecule has 0 heterocycles. The van der Waals surface area contributed by atoms with E-state index in [1.807, 2.05) is 0 Å². The van der Waals surface area contributed by atoms with Gasteiger partial charge in [-0.05, 0) is 50.8 Å². The summed E-state index contributed by atoms with van der Waals surface area (Å²) in [4.78, 5) is 24.2. The zero-order valence-corrected chi connectivity index (χ0v) is 16.8. The normalized spacial score (nSPS) is 20.3. The molecule has 0 spiro atoms. The lowest BCUT2D eigenvalue weighted by Crippen LogP contribution is -2.42. The van der Waals surface area contributed by atoms with Crippen LogP contribution in [0.5, 0.6) is 0 Å². The van der Waals surface area contributed by atoms with Crippen molar-refractivity contribution in [2.45, 2.75) is 63.4 Å². The lowest BCUT2D eigenvalue weighted by molar-refractivity contribution is -0.125. The van der Waals surface area contributed by atoms with Gasteiger partial charge in [0.2, 0.25) is 10.0 Å². The molecule has 1 amide bonds. The van der Waals surface area contributed by atoms with E-state index in [-0.39, 0.29) is 35.1 Å². The SMILES string of the molecule is CC(C)NS(=O)(=O)c1cccc(C(=O)OCC(=O)N[C@H]2CCCC[C@H]2C)c1. The van der Waals surface area contributed by atoms with Crippen molar-refractivity contribution in [3.63, 3.8) is 0 Å². The predicted molar refractivity (Wildman–Crippen MR) is 102 cm³/mol. The standard InChI is InChI=1S/C19H28N2O5S/c1-13(2)21-27(24,25)16-9-6-8-15(11-16)19(23)26-12-18(22)20-17-10-5-4-7-14(17)3/h6,8-9,11,13-14,17,21H,4-5,7,10,12H2,1-3H3,(H,20,22)/t14-,17+/m1/s1. The van der Waals surface area contributed by atoms with E-state index in [0.29, 0.717) is 5.92 Å². The molecule has 0 radical (unpaired) electrons. The largest absolute Gasteiger partial charge is 0.452 e. The third-order valence-corrected chi connectivity index (χ3v) is 6.22. The Morgan fingerprint density at radius 1 is 1.22 bits per heavy atom. The van der Waals surface area contributed by atoms with E-state index in [9.17, 15) is 18.0 Å². The Kier molecular flexibility index (Phi) is 7.38. The van der Waals surface area contributed by atoms with Crippen LogP contribution < -0.4 is 10.0 Å². The molecule has 1 saturated carbocycles. The number of nitrogens with one attached hydrogen (secondary N) is 2. The lowest BCUT2D eigenvalue weighted by Gasteiger charge is -2.29. The topological polar surface area (TPSA) is 102 Å². The Bertz CT molecular complexity index is 776. The van der Waals surface area contributed by atoms with Crippen molar-refractivity contribution in [2.24, 2.45) is 5.92 Å². The van der Waals surface area contributed by atoms with Crippen molar-refractivity contribution in [2.75, 3.05) is 6.61 Å². The van der Waals surface area contributed by atoms with Gasteiger partial charge < -0.3 is 10.1 Å². The van der Waals surface area contributed by atoms with Gasteiger partial charge in [0.1, 0.15) is 0 Å². The number of amides is 1. The van der Waals surface area contributed by atoms with Crippen molar-refractivity contribution in [1.29, 1.82) is 0 Å².